The summed E-state index contributed by atoms with van der Waals surface area (Å²) in [5, 5.41) is 11.1. The van der Waals surface area contributed by atoms with Crippen molar-refractivity contribution < 1.29 is 23.1 Å². The summed E-state index contributed by atoms with van der Waals surface area (Å²) in [7, 11) is -2.63. The van der Waals surface area contributed by atoms with E-state index in [9.17, 15) is 13.2 Å². The van der Waals surface area contributed by atoms with Gasteiger partial charge in [0.2, 0.25) is 0 Å². The lowest BCUT2D eigenvalue weighted by molar-refractivity contribution is 0.0696. The Hall–Kier alpha value is -2.91. The van der Waals surface area contributed by atoms with Gasteiger partial charge in [-0.3, -0.25) is 4.72 Å². The molecule has 0 aliphatic heterocycles. The molecule has 2 atom stereocenters. The smallest absolute Gasteiger partial charge is 0.335 e. The van der Waals surface area contributed by atoms with Gasteiger partial charge in [-0.2, -0.15) is 8.42 Å². The minimum absolute atomic E-state index is 0.00289. The molecule has 1 aromatic heterocycles. The summed E-state index contributed by atoms with van der Waals surface area (Å²) in [4.78, 5) is 15.5. The number of nitrogens with zero attached hydrogens (tertiary/aromatic N) is 1. The van der Waals surface area contributed by atoms with Gasteiger partial charge in [-0.1, -0.05) is 44.0 Å². The van der Waals surface area contributed by atoms with E-state index in [1.807, 2.05) is 12.1 Å². The summed E-state index contributed by atoms with van der Waals surface area (Å²) in [5.74, 6) is 0.320. The predicted octanol–water partition coefficient (Wildman–Crippen LogP) is 5.61. The van der Waals surface area contributed by atoms with Crippen LogP contribution in [0.2, 0.25) is 0 Å². The Kier molecular flexibility index (Phi) is 6.71. The molecule has 1 fully saturated rings. The van der Waals surface area contributed by atoms with E-state index in [4.69, 9.17) is 9.84 Å². The van der Waals surface area contributed by atoms with Gasteiger partial charge in [-0.15, -0.1) is 11.3 Å². The Bertz CT molecular complexity index is 1250. The van der Waals surface area contributed by atoms with Crippen LogP contribution < -0.4 is 9.46 Å². The van der Waals surface area contributed by atoms with E-state index < -0.39 is 16.0 Å². The van der Waals surface area contributed by atoms with Crippen LogP contribution in [-0.4, -0.2) is 31.6 Å². The standard InChI is InChI=1S/C24H26N2O5S2/c1-15-4-3-5-18(12-15)16-6-8-17(9-7-16)23-25-22(14-32-23)33(29,30)26-20-11-10-19(24(27)28)13-21(20)31-2/h6-11,13-15,18,26H,3-5,12H2,1-2H3,(H,27,28). The van der Waals surface area contributed by atoms with Gasteiger partial charge >= 0.3 is 5.97 Å². The molecule has 3 aromatic rings. The van der Waals surface area contributed by atoms with Crippen molar-refractivity contribution in [2.75, 3.05) is 11.8 Å². The fraction of sp³-hybridized carbons (Fsp3) is 0.333. The van der Waals surface area contributed by atoms with Crippen LogP contribution in [0.25, 0.3) is 10.6 Å². The number of carboxylic acids is 1. The number of ether oxygens (including phenoxy) is 1. The molecule has 1 saturated carbocycles. The molecule has 4 rings (SSSR count). The Balaban J connectivity index is 1.52. The van der Waals surface area contributed by atoms with E-state index in [1.54, 1.807) is 0 Å². The first-order valence-corrected chi connectivity index (χ1v) is 13.1. The molecule has 2 N–H and O–H groups in total. The lowest BCUT2D eigenvalue weighted by atomic mass is 9.79. The molecular weight excluding hydrogens is 460 g/mol. The number of nitrogens with one attached hydrogen (secondary N) is 1. The molecular formula is C24H26N2O5S2. The number of carbonyl (C=O) groups is 1. The highest BCUT2D eigenvalue weighted by molar-refractivity contribution is 7.92. The van der Waals surface area contributed by atoms with Crippen LogP contribution in [0.5, 0.6) is 5.75 Å². The number of rotatable bonds is 7. The first-order chi connectivity index (χ1) is 15.8. The SMILES string of the molecule is COc1cc(C(=O)O)ccc1NS(=O)(=O)c1csc(-c2ccc(C3CCCC(C)C3)cc2)n1. The molecule has 0 radical (unpaired) electrons. The molecule has 0 amide bonds. The number of sulfonamides is 1. The second kappa shape index (κ2) is 9.52. The normalized spacial score (nSPS) is 18.6. The number of anilines is 1. The van der Waals surface area contributed by atoms with Gasteiger partial charge in [-0.25, -0.2) is 9.78 Å². The van der Waals surface area contributed by atoms with Crippen LogP contribution in [-0.2, 0) is 10.0 Å². The van der Waals surface area contributed by atoms with Gasteiger partial charge in [0.15, 0.2) is 5.03 Å². The van der Waals surface area contributed by atoms with Crippen LogP contribution in [0.4, 0.5) is 5.69 Å². The van der Waals surface area contributed by atoms with Gasteiger partial charge < -0.3 is 9.84 Å². The Morgan fingerprint density at radius 3 is 2.61 bits per heavy atom. The highest BCUT2D eigenvalue weighted by atomic mass is 32.2. The van der Waals surface area contributed by atoms with Crippen molar-refractivity contribution in [1.29, 1.82) is 0 Å². The zero-order valence-electron chi connectivity index (χ0n) is 18.4. The lowest BCUT2D eigenvalue weighted by Gasteiger charge is -2.27. The van der Waals surface area contributed by atoms with Crippen molar-refractivity contribution in [3.63, 3.8) is 0 Å². The lowest BCUT2D eigenvalue weighted by Crippen LogP contribution is -2.14. The average Bonchev–Trinajstić information content (AvgIpc) is 3.30. The van der Waals surface area contributed by atoms with Crippen LogP contribution in [0.1, 0.15) is 54.4 Å². The monoisotopic (exact) mass is 486 g/mol. The number of methoxy groups -OCH3 is 1. The zero-order chi connectivity index (χ0) is 23.6. The number of hydrogen-bond acceptors (Lipinski definition) is 6. The van der Waals surface area contributed by atoms with Crippen molar-refractivity contribution in [2.45, 2.75) is 43.6 Å². The summed E-state index contributed by atoms with van der Waals surface area (Å²) in [6.07, 6.45) is 4.99. The summed E-state index contributed by atoms with van der Waals surface area (Å²) in [6, 6.07) is 12.2. The maximum absolute atomic E-state index is 12.9. The maximum atomic E-state index is 12.9. The van der Waals surface area contributed by atoms with Gasteiger partial charge in [0.05, 0.1) is 18.4 Å². The first-order valence-electron chi connectivity index (χ1n) is 10.8. The van der Waals surface area contributed by atoms with Crippen molar-refractivity contribution in [2.24, 2.45) is 5.92 Å². The van der Waals surface area contributed by atoms with Gasteiger partial charge in [0.1, 0.15) is 10.8 Å². The molecule has 1 aliphatic rings. The second-order valence-corrected chi connectivity index (χ2v) is 10.9. The summed E-state index contributed by atoms with van der Waals surface area (Å²) < 4.78 is 33.4. The van der Waals surface area contributed by atoms with Gasteiger partial charge in [0, 0.05) is 10.9 Å². The van der Waals surface area contributed by atoms with Gasteiger partial charge in [-0.05, 0) is 48.4 Å². The molecule has 174 valence electrons. The number of thiazole rings is 1. The van der Waals surface area contributed by atoms with Crippen molar-refractivity contribution in [3.05, 3.63) is 59.0 Å². The molecule has 0 bridgehead atoms. The third kappa shape index (κ3) is 5.20. The van der Waals surface area contributed by atoms with E-state index in [0.717, 1.165) is 11.5 Å². The van der Waals surface area contributed by atoms with Crippen LogP contribution in [0.3, 0.4) is 0 Å². The molecule has 33 heavy (non-hydrogen) atoms. The average molecular weight is 487 g/mol. The van der Waals surface area contributed by atoms with Crippen LogP contribution in [0, 0.1) is 5.92 Å². The maximum Gasteiger partial charge on any atom is 0.335 e. The number of hydrogen-bond donors (Lipinski definition) is 2. The molecule has 7 nitrogen and oxygen atoms in total. The Labute approximate surface area is 197 Å². The quantitative estimate of drug-likeness (QED) is 0.450. The Morgan fingerprint density at radius 2 is 1.94 bits per heavy atom. The molecule has 2 aromatic carbocycles. The minimum Gasteiger partial charge on any atom is -0.495 e. The topological polar surface area (TPSA) is 106 Å². The molecule has 1 heterocycles. The third-order valence-corrected chi connectivity index (χ3v) is 8.31. The number of carboxylic acid groups (broad SMARTS) is 1. The van der Waals surface area contributed by atoms with E-state index in [-0.39, 0.29) is 22.0 Å². The van der Waals surface area contributed by atoms with E-state index in [1.165, 1.54) is 73.3 Å². The minimum atomic E-state index is -3.98. The van der Waals surface area contributed by atoms with Crippen LogP contribution >= 0.6 is 11.3 Å². The van der Waals surface area contributed by atoms with E-state index in [0.29, 0.717) is 10.9 Å². The fourth-order valence-electron chi connectivity index (χ4n) is 4.26. The molecule has 0 spiro atoms. The highest BCUT2D eigenvalue weighted by Crippen LogP contribution is 2.37. The molecule has 0 saturated heterocycles. The Morgan fingerprint density at radius 1 is 1.18 bits per heavy atom. The molecule has 9 heteroatoms. The summed E-state index contributed by atoms with van der Waals surface area (Å²) >= 11 is 1.26. The van der Waals surface area contributed by atoms with E-state index >= 15 is 0 Å². The largest absolute Gasteiger partial charge is 0.495 e. The second-order valence-electron chi connectivity index (χ2n) is 8.41. The number of aromatic carboxylic acids is 1. The number of benzene rings is 2. The van der Waals surface area contributed by atoms with Gasteiger partial charge in [0.25, 0.3) is 10.0 Å². The van der Waals surface area contributed by atoms with Crippen LogP contribution in [0.15, 0.2) is 52.9 Å². The van der Waals surface area contributed by atoms with Crippen molar-refractivity contribution in [1.82, 2.24) is 4.98 Å². The van der Waals surface area contributed by atoms with Crippen molar-refractivity contribution >= 4 is 33.0 Å². The predicted molar refractivity (Wildman–Crippen MR) is 129 cm³/mol. The van der Waals surface area contributed by atoms with E-state index in [2.05, 4.69) is 28.8 Å². The molecule has 1 aliphatic carbocycles. The fourth-order valence-corrected chi connectivity index (χ4v) is 6.43. The third-order valence-electron chi connectivity index (χ3n) is 6.02. The summed E-state index contributed by atoms with van der Waals surface area (Å²) in [5.41, 5.74) is 2.34. The first kappa shape index (κ1) is 23.3. The highest BCUT2D eigenvalue weighted by Gasteiger charge is 2.23. The molecule has 2 unspecified atom stereocenters. The van der Waals surface area contributed by atoms with Crippen molar-refractivity contribution in [3.8, 4) is 16.3 Å². The zero-order valence-corrected chi connectivity index (χ0v) is 20.1. The summed E-state index contributed by atoms with van der Waals surface area (Å²) in [6.45, 7) is 2.31. The number of aromatic nitrogens is 1.